The summed E-state index contributed by atoms with van der Waals surface area (Å²) >= 11 is 3.53. The molecular weight excluding hydrogens is 420 g/mol. The summed E-state index contributed by atoms with van der Waals surface area (Å²) in [6.45, 7) is 0. The summed E-state index contributed by atoms with van der Waals surface area (Å²) in [7, 11) is 0. The van der Waals surface area contributed by atoms with Crippen molar-refractivity contribution in [1.29, 1.82) is 0 Å². The van der Waals surface area contributed by atoms with E-state index in [9.17, 15) is 4.79 Å². The maximum atomic E-state index is 12.8. The van der Waals surface area contributed by atoms with Crippen molar-refractivity contribution in [3.8, 4) is 22.3 Å². The Labute approximate surface area is 179 Å². The van der Waals surface area contributed by atoms with Gasteiger partial charge in [-0.25, -0.2) is 0 Å². The molecule has 4 aromatic carbocycles. The first-order valence-electron chi connectivity index (χ1n) is 9.43. The number of ketones is 1. The zero-order chi connectivity index (χ0) is 20.1. The minimum absolute atomic E-state index is 0.0198. The average Bonchev–Trinajstić information content (AvgIpc) is 2.78. The Kier molecular flexibility index (Phi) is 5.83. The van der Waals surface area contributed by atoms with Crippen LogP contribution in [0.1, 0.15) is 15.9 Å². The molecule has 4 rings (SSSR count). The molecule has 0 spiro atoms. The van der Waals surface area contributed by atoms with E-state index in [0.717, 1.165) is 32.3 Å². The summed E-state index contributed by atoms with van der Waals surface area (Å²) < 4.78 is 0.890. The van der Waals surface area contributed by atoms with Gasteiger partial charge < -0.3 is 0 Å². The first-order chi connectivity index (χ1) is 14.2. The first kappa shape index (κ1) is 19.1. The van der Waals surface area contributed by atoms with Crippen molar-refractivity contribution in [1.82, 2.24) is 0 Å². The molecule has 2 heteroatoms. The van der Waals surface area contributed by atoms with E-state index >= 15 is 0 Å². The second-order valence-corrected chi connectivity index (χ2v) is 7.70. The van der Waals surface area contributed by atoms with E-state index in [-0.39, 0.29) is 5.78 Å². The van der Waals surface area contributed by atoms with Crippen LogP contribution in [0.2, 0.25) is 0 Å². The molecule has 0 saturated carbocycles. The van der Waals surface area contributed by atoms with Gasteiger partial charge in [-0.1, -0.05) is 101 Å². The molecule has 0 fully saturated rings. The fourth-order valence-electron chi connectivity index (χ4n) is 3.25. The lowest BCUT2D eigenvalue weighted by atomic mass is 10.00. The summed E-state index contributed by atoms with van der Waals surface area (Å²) in [4.78, 5) is 12.8. The van der Waals surface area contributed by atoms with Gasteiger partial charge in [0, 0.05) is 10.0 Å². The molecule has 0 aromatic heterocycles. The second kappa shape index (κ2) is 8.85. The Morgan fingerprint density at radius 1 is 0.621 bits per heavy atom. The third-order valence-electron chi connectivity index (χ3n) is 4.71. The number of rotatable bonds is 5. The largest absolute Gasteiger partial charge is 0.289 e. The fourth-order valence-corrected chi connectivity index (χ4v) is 3.74. The Balaban J connectivity index is 1.59. The molecule has 1 nitrogen and oxygen atoms in total. The molecule has 0 bridgehead atoms. The average molecular weight is 439 g/mol. The predicted octanol–water partition coefficient (Wildman–Crippen LogP) is 7.68. The van der Waals surface area contributed by atoms with Gasteiger partial charge in [-0.2, -0.15) is 0 Å². The summed E-state index contributed by atoms with van der Waals surface area (Å²) in [5.41, 5.74) is 6.06. The van der Waals surface area contributed by atoms with Gasteiger partial charge in [0.15, 0.2) is 5.78 Å². The number of benzene rings is 4. The van der Waals surface area contributed by atoms with Crippen LogP contribution in [0.25, 0.3) is 28.3 Å². The smallest absolute Gasteiger partial charge is 0.185 e. The molecule has 140 valence electrons. The van der Waals surface area contributed by atoms with E-state index in [4.69, 9.17) is 0 Å². The van der Waals surface area contributed by atoms with E-state index in [2.05, 4.69) is 40.2 Å². The van der Waals surface area contributed by atoms with Gasteiger partial charge in [0.25, 0.3) is 0 Å². The maximum Gasteiger partial charge on any atom is 0.185 e. The second-order valence-electron chi connectivity index (χ2n) is 6.78. The van der Waals surface area contributed by atoms with Gasteiger partial charge in [-0.3, -0.25) is 4.79 Å². The van der Waals surface area contributed by atoms with Crippen molar-refractivity contribution >= 4 is 27.8 Å². The van der Waals surface area contributed by atoms with E-state index in [1.54, 1.807) is 6.08 Å². The van der Waals surface area contributed by atoms with E-state index in [1.165, 1.54) is 0 Å². The molecule has 0 saturated heterocycles. The van der Waals surface area contributed by atoms with Crippen LogP contribution in [0.5, 0.6) is 0 Å². The van der Waals surface area contributed by atoms with Crippen LogP contribution in [0, 0.1) is 0 Å². The Hall–Kier alpha value is -3.23. The van der Waals surface area contributed by atoms with Crippen LogP contribution in [0.15, 0.2) is 114 Å². The van der Waals surface area contributed by atoms with Gasteiger partial charge in [0.1, 0.15) is 0 Å². The van der Waals surface area contributed by atoms with Crippen molar-refractivity contribution in [2.24, 2.45) is 0 Å². The molecule has 0 radical (unpaired) electrons. The van der Waals surface area contributed by atoms with Crippen molar-refractivity contribution < 1.29 is 4.79 Å². The lowest BCUT2D eigenvalue weighted by molar-refractivity contribution is 0.104. The molecule has 0 atom stereocenters. The van der Waals surface area contributed by atoms with Gasteiger partial charge in [0.05, 0.1) is 0 Å². The highest BCUT2D eigenvalue weighted by Crippen LogP contribution is 2.26. The van der Waals surface area contributed by atoms with Crippen LogP contribution < -0.4 is 0 Å². The van der Waals surface area contributed by atoms with Crippen molar-refractivity contribution in [2.45, 2.75) is 0 Å². The predicted molar refractivity (Wildman–Crippen MR) is 125 cm³/mol. The Morgan fingerprint density at radius 3 is 1.93 bits per heavy atom. The van der Waals surface area contributed by atoms with Crippen LogP contribution in [-0.2, 0) is 0 Å². The molecule has 4 aromatic rings. The normalized spacial score (nSPS) is 10.9. The van der Waals surface area contributed by atoms with Crippen molar-refractivity contribution in [3.05, 3.63) is 125 Å². The number of hydrogen-bond acceptors (Lipinski definition) is 1. The van der Waals surface area contributed by atoms with Gasteiger partial charge in [-0.05, 0) is 58.2 Å². The molecule has 0 unspecified atom stereocenters. The summed E-state index contributed by atoms with van der Waals surface area (Å²) in [6.07, 6.45) is 3.51. The quantitative estimate of drug-likeness (QED) is 0.230. The number of carbonyl (C=O) groups is 1. The molecule has 0 aliphatic rings. The monoisotopic (exact) mass is 438 g/mol. The summed E-state index contributed by atoms with van der Waals surface area (Å²) in [5.74, 6) is -0.0198. The van der Waals surface area contributed by atoms with Crippen LogP contribution in [0.3, 0.4) is 0 Å². The molecule has 0 N–H and O–H groups in total. The number of hydrogen-bond donors (Lipinski definition) is 0. The number of allylic oxidation sites excluding steroid dienone is 1. The first-order valence-corrected chi connectivity index (χ1v) is 10.2. The fraction of sp³-hybridized carbons (Fsp3) is 0. The van der Waals surface area contributed by atoms with E-state index < -0.39 is 0 Å². The molecule has 0 amide bonds. The Morgan fingerprint density at radius 2 is 1.24 bits per heavy atom. The maximum absolute atomic E-state index is 12.8. The molecule has 0 aliphatic heterocycles. The summed E-state index contributed by atoms with van der Waals surface area (Å²) in [6, 6.07) is 34.3. The SMILES string of the molecule is O=C(/C=C/c1cccc(-c2ccccc2)c1)c1cc(Br)cc(-c2ccccc2)c1. The standard InChI is InChI=1S/C27H19BrO/c28-26-18-24(22-11-5-2-6-12-22)17-25(19-26)27(29)15-14-20-8-7-13-23(16-20)21-9-3-1-4-10-21/h1-19H/b15-14+. The van der Waals surface area contributed by atoms with E-state index in [0.29, 0.717) is 5.56 Å². The lowest BCUT2D eigenvalue weighted by Crippen LogP contribution is -1.95. The van der Waals surface area contributed by atoms with Crippen molar-refractivity contribution in [3.63, 3.8) is 0 Å². The van der Waals surface area contributed by atoms with Gasteiger partial charge >= 0.3 is 0 Å². The van der Waals surface area contributed by atoms with E-state index in [1.807, 2.05) is 84.9 Å². The molecular formula is C27H19BrO. The van der Waals surface area contributed by atoms with Gasteiger partial charge in [-0.15, -0.1) is 0 Å². The Bertz CT molecular complexity index is 1160. The molecule has 0 heterocycles. The lowest BCUT2D eigenvalue weighted by Gasteiger charge is -2.06. The number of carbonyl (C=O) groups excluding carboxylic acids is 1. The minimum Gasteiger partial charge on any atom is -0.289 e. The topological polar surface area (TPSA) is 17.1 Å². The zero-order valence-corrected chi connectivity index (χ0v) is 17.3. The van der Waals surface area contributed by atoms with Crippen LogP contribution >= 0.6 is 15.9 Å². The van der Waals surface area contributed by atoms with Crippen LogP contribution in [-0.4, -0.2) is 5.78 Å². The zero-order valence-electron chi connectivity index (χ0n) is 15.8. The number of halogens is 1. The highest BCUT2D eigenvalue weighted by molar-refractivity contribution is 9.10. The van der Waals surface area contributed by atoms with Crippen LogP contribution in [0.4, 0.5) is 0 Å². The highest BCUT2D eigenvalue weighted by Gasteiger charge is 2.07. The van der Waals surface area contributed by atoms with Gasteiger partial charge in [0.2, 0.25) is 0 Å². The van der Waals surface area contributed by atoms with Crippen molar-refractivity contribution in [2.75, 3.05) is 0 Å². The minimum atomic E-state index is -0.0198. The highest BCUT2D eigenvalue weighted by atomic mass is 79.9. The third kappa shape index (κ3) is 4.79. The third-order valence-corrected chi connectivity index (χ3v) is 5.17. The summed E-state index contributed by atoms with van der Waals surface area (Å²) in [5, 5.41) is 0. The molecule has 29 heavy (non-hydrogen) atoms. The molecule has 0 aliphatic carbocycles.